The maximum absolute atomic E-state index is 13.0. The molecule has 0 unspecified atom stereocenters. The Hall–Kier alpha value is -3.12. The summed E-state index contributed by atoms with van der Waals surface area (Å²) in [5, 5.41) is 5.14. The van der Waals surface area contributed by atoms with Gasteiger partial charge in [0, 0.05) is 24.6 Å². The fraction of sp³-hybridized carbons (Fsp3) is 0.292. The number of fused-ring (bicyclic) bond motifs is 1. The molecule has 5 rings (SSSR count). The van der Waals surface area contributed by atoms with Crippen LogP contribution in [0.5, 0.6) is 0 Å². The Labute approximate surface area is 185 Å². The van der Waals surface area contributed by atoms with Crippen LogP contribution in [0, 0.1) is 13.8 Å². The number of aromatic nitrogens is 3. The largest absolute Gasteiger partial charge is 0.440 e. The second-order valence-electron chi connectivity index (χ2n) is 8.03. The minimum Gasteiger partial charge on any atom is -0.440 e. The maximum atomic E-state index is 13.0. The lowest BCUT2D eigenvalue weighted by Gasteiger charge is -2.30. The highest BCUT2D eigenvalue weighted by atomic mass is 35.5. The number of para-hydroxylation sites is 2. The van der Waals surface area contributed by atoms with E-state index in [0.29, 0.717) is 23.7 Å². The number of halogens is 1. The fourth-order valence-electron chi connectivity index (χ4n) is 4.20. The molecular weight excluding hydrogens is 412 g/mol. The number of aryl methyl sites for hydroxylation is 1. The fourth-order valence-corrected chi connectivity index (χ4v) is 4.31. The molecule has 1 amide bonds. The highest BCUT2D eigenvalue weighted by Gasteiger charge is 2.27. The van der Waals surface area contributed by atoms with Crippen LogP contribution in [0.4, 0.5) is 0 Å². The number of hydrogen-bond donors (Lipinski definition) is 0. The van der Waals surface area contributed by atoms with Gasteiger partial charge in [-0.2, -0.15) is 5.10 Å². The number of likely N-dealkylation sites (tertiary alicyclic amines) is 1. The number of benzene rings is 2. The lowest BCUT2D eigenvalue weighted by atomic mass is 9.96. The summed E-state index contributed by atoms with van der Waals surface area (Å²) in [7, 11) is 0. The average molecular weight is 435 g/mol. The zero-order valence-corrected chi connectivity index (χ0v) is 18.3. The van der Waals surface area contributed by atoms with Crippen LogP contribution in [0.1, 0.15) is 46.4 Å². The van der Waals surface area contributed by atoms with Gasteiger partial charge in [-0.15, -0.1) is 0 Å². The third-order valence-corrected chi connectivity index (χ3v) is 6.55. The molecule has 0 spiro atoms. The third kappa shape index (κ3) is 3.61. The zero-order valence-electron chi connectivity index (χ0n) is 17.5. The Balaban J connectivity index is 1.26. The van der Waals surface area contributed by atoms with Gasteiger partial charge >= 0.3 is 0 Å². The van der Waals surface area contributed by atoms with E-state index in [4.69, 9.17) is 16.0 Å². The molecule has 0 N–H and O–H groups in total. The van der Waals surface area contributed by atoms with Crippen molar-refractivity contribution in [2.75, 3.05) is 13.1 Å². The second kappa shape index (κ2) is 7.85. The Morgan fingerprint density at radius 2 is 1.77 bits per heavy atom. The summed E-state index contributed by atoms with van der Waals surface area (Å²) in [4.78, 5) is 19.5. The smallest absolute Gasteiger partial charge is 0.253 e. The monoisotopic (exact) mass is 434 g/mol. The predicted octanol–water partition coefficient (Wildman–Crippen LogP) is 5.30. The Kier molecular flexibility index (Phi) is 5.02. The first-order valence-corrected chi connectivity index (χ1v) is 10.9. The topological polar surface area (TPSA) is 64.2 Å². The molecule has 4 aromatic rings. The van der Waals surface area contributed by atoms with Crippen molar-refractivity contribution in [2.45, 2.75) is 32.6 Å². The molecule has 6 nitrogen and oxygen atoms in total. The molecule has 158 valence electrons. The highest BCUT2D eigenvalue weighted by molar-refractivity contribution is 6.31. The van der Waals surface area contributed by atoms with Crippen molar-refractivity contribution in [3.63, 3.8) is 0 Å². The number of nitrogens with zero attached hydrogens (tertiary/aromatic N) is 4. The SMILES string of the molecule is Cc1nn(-c2ccc(C(=O)N3CCC(c4nc5ccccc5o4)CC3)cc2)c(C)c1Cl. The van der Waals surface area contributed by atoms with Gasteiger partial charge in [0.2, 0.25) is 0 Å². The molecule has 1 aliphatic rings. The van der Waals surface area contributed by atoms with Crippen molar-refractivity contribution in [3.8, 4) is 5.69 Å². The number of amides is 1. The zero-order chi connectivity index (χ0) is 21.5. The van der Waals surface area contributed by atoms with Gasteiger partial charge in [-0.1, -0.05) is 23.7 Å². The lowest BCUT2D eigenvalue weighted by Crippen LogP contribution is -2.38. The van der Waals surface area contributed by atoms with Crippen LogP contribution in [-0.2, 0) is 0 Å². The number of carbonyl (C=O) groups excluding carboxylic acids is 1. The number of rotatable bonds is 3. The molecule has 2 aromatic carbocycles. The van der Waals surface area contributed by atoms with E-state index in [0.717, 1.165) is 46.9 Å². The van der Waals surface area contributed by atoms with Gasteiger partial charge in [-0.25, -0.2) is 9.67 Å². The Bertz CT molecular complexity index is 1220. The first kappa shape index (κ1) is 19.8. The van der Waals surface area contributed by atoms with Gasteiger partial charge in [0.1, 0.15) is 5.52 Å². The molecule has 0 aliphatic carbocycles. The van der Waals surface area contributed by atoms with Crippen LogP contribution >= 0.6 is 11.6 Å². The lowest BCUT2D eigenvalue weighted by molar-refractivity contribution is 0.0706. The summed E-state index contributed by atoms with van der Waals surface area (Å²) < 4.78 is 7.73. The molecule has 2 aromatic heterocycles. The first-order chi connectivity index (χ1) is 15.0. The molecule has 0 radical (unpaired) electrons. The van der Waals surface area contributed by atoms with Gasteiger partial charge in [0.15, 0.2) is 11.5 Å². The van der Waals surface area contributed by atoms with Crippen LogP contribution in [0.15, 0.2) is 52.9 Å². The predicted molar refractivity (Wildman–Crippen MR) is 120 cm³/mol. The van der Waals surface area contributed by atoms with E-state index >= 15 is 0 Å². The third-order valence-electron chi connectivity index (χ3n) is 6.00. The summed E-state index contributed by atoms with van der Waals surface area (Å²) in [6, 6.07) is 15.3. The van der Waals surface area contributed by atoms with Crippen molar-refractivity contribution >= 4 is 28.6 Å². The van der Waals surface area contributed by atoms with E-state index < -0.39 is 0 Å². The van der Waals surface area contributed by atoms with E-state index in [2.05, 4.69) is 10.1 Å². The number of hydrogen-bond acceptors (Lipinski definition) is 4. The van der Waals surface area contributed by atoms with E-state index in [9.17, 15) is 4.79 Å². The minimum absolute atomic E-state index is 0.0500. The molecule has 0 bridgehead atoms. The maximum Gasteiger partial charge on any atom is 0.253 e. The quantitative estimate of drug-likeness (QED) is 0.438. The molecule has 7 heteroatoms. The van der Waals surface area contributed by atoms with Crippen molar-refractivity contribution in [1.82, 2.24) is 19.7 Å². The van der Waals surface area contributed by atoms with Crippen LogP contribution < -0.4 is 0 Å². The van der Waals surface area contributed by atoms with Gasteiger partial charge in [-0.3, -0.25) is 4.79 Å². The van der Waals surface area contributed by atoms with Crippen molar-refractivity contribution in [1.29, 1.82) is 0 Å². The van der Waals surface area contributed by atoms with Crippen LogP contribution in [-0.4, -0.2) is 38.7 Å². The minimum atomic E-state index is 0.0500. The van der Waals surface area contributed by atoms with Gasteiger partial charge in [-0.05, 0) is 63.1 Å². The van der Waals surface area contributed by atoms with E-state index in [1.54, 1.807) is 4.68 Å². The molecule has 1 saturated heterocycles. The van der Waals surface area contributed by atoms with E-state index in [-0.39, 0.29) is 11.8 Å². The second-order valence-corrected chi connectivity index (χ2v) is 8.41. The molecule has 0 saturated carbocycles. The molecule has 1 aliphatic heterocycles. The average Bonchev–Trinajstić information content (AvgIpc) is 3.35. The summed E-state index contributed by atoms with van der Waals surface area (Å²) in [5.74, 6) is 1.07. The Morgan fingerprint density at radius 1 is 1.06 bits per heavy atom. The van der Waals surface area contributed by atoms with Crippen molar-refractivity contribution < 1.29 is 9.21 Å². The summed E-state index contributed by atoms with van der Waals surface area (Å²) in [5.41, 5.74) is 4.95. The van der Waals surface area contributed by atoms with Crippen molar-refractivity contribution in [3.05, 3.63) is 76.4 Å². The molecular formula is C24H23ClN4O2. The number of oxazole rings is 1. The summed E-state index contributed by atoms with van der Waals surface area (Å²) in [6.45, 7) is 5.20. The van der Waals surface area contributed by atoms with Gasteiger partial charge in [0.25, 0.3) is 5.91 Å². The van der Waals surface area contributed by atoms with E-state index in [1.807, 2.05) is 67.3 Å². The first-order valence-electron chi connectivity index (χ1n) is 10.5. The highest BCUT2D eigenvalue weighted by Crippen LogP contribution is 2.30. The summed E-state index contributed by atoms with van der Waals surface area (Å²) >= 11 is 6.26. The number of carbonyl (C=O) groups is 1. The van der Waals surface area contributed by atoms with Gasteiger partial charge in [0.05, 0.1) is 22.1 Å². The van der Waals surface area contributed by atoms with Gasteiger partial charge < -0.3 is 9.32 Å². The van der Waals surface area contributed by atoms with Crippen LogP contribution in [0.2, 0.25) is 5.02 Å². The van der Waals surface area contributed by atoms with Crippen LogP contribution in [0.3, 0.4) is 0 Å². The molecule has 3 heterocycles. The molecule has 31 heavy (non-hydrogen) atoms. The normalized spacial score (nSPS) is 15.0. The number of piperidine rings is 1. The van der Waals surface area contributed by atoms with E-state index in [1.165, 1.54) is 0 Å². The van der Waals surface area contributed by atoms with Crippen LogP contribution in [0.25, 0.3) is 16.8 Å². The molecule has 0 atom stereocenters. The molecule has 1 fully saturated rings. The van der Waals surface area contributed by atoms with Crippen molar-refractivity contribution in [2.24, 2.45) is 0 Å². The Morgan fingerprint density at radius 3 is 2.42 bits per heavy atom. The standard InChI is InChI=1S/C24H23ClN4O2/c1-15-22(25)16(2)29(27-15)19-9-7-18(8-10-19)24(30)28-13-11-17(12-14-28)23-26-20-5-3-4-6-21(20)31-23/h3-10,17H,11-14H2,1-2H3. The summed E-state index contributed by atoms with van der Waals surface area (Å²) in [6.07, 6.45) is 1.70.